The molecule has 2 nitrogen and oxygen atoms in total. The first-order chi connectivity index (χ1) is 11.8. The van der Waals surface area contributed by atoms with Gasteiger partial charge in [0, 0.05) is 6.54 Å². The molecule has 1 aromatic carbocycles. The number of hydrogen-bond acceptors (Lipinski definition) is 1. The van der Waals surface area contributed by atoms with Gasteiger partial charge in [0.2, 0.25) is 0 Å². The molecule has 136 valence electrons. The van der Waals surface area contributed by atoms with Crippen LogP contribution in [-0.4, -0.2) is 11.7 Å². The summed E-state index contributed by atoms with van der Waals surface area (Å²) < 4.78 is 39.3. The molecule has 4 fully saturated rings. The van der Waals surface area contributed by atoms with Crippen molar-refractivity contribution in [2.45, 2.75) is 44.7 Å². The molecule has 0 heterocycles. The minimum absolute atomic E-state index is 0.0120. The molecule has 4 aliphatic rings. The zero-order chi connectivity index (χ0) is 17.7. The minimum Gasteiger partial charge on any atom is -0.362 e. The standard InChI is InChI=1S/C19H23F3N2S/c20-19(21,22)15-3-1-2-4-16(15)24-17(25)23-11-18-8-12-5-13(9-18)7-14(6-12)10-18/h1-4,12-14H,5-11H2,(H2,23,24,25). The summed E-state index contributed by atoms with van der Waals surface area (Å²) >= 11 is 5.28. The predicted molar refractivity (Wildman–Crippen MR) is 96.3 cm³/mol. The highest BCUT2D eigenvalue weighted by atomic mass is 32.1. The monoisotopic (exact) mass is 368 g/mol. The molecule has 25 heavy (non-hydrogen) atoms. The van der Waals surface area contributed by atoms with Gasteiger partial charge in [-0.15, -0.1) is 0 Å². The maximum Gasteiger partial charge on any atom is 0.418 e. The molecule has 0 radical (unpaired) electrons. The largest absolute Gasteiger partial charge is 0.418 e. The van der Waals surface area contributed by atoms with Crippen molar-refractivity contribution in [3.63, 3.8) is 0 Å². The average Bonchev–Trinajstić information content (AvgIpc) is 2.51. The number of hydrogen-bond donors (Lipinski definition) is 2. The quantitative estimate of drug-likeness (QED) is 0.717. The van der Waals surface area contributed by atoms with Crippen LogP contribution in [0.1, 0.15) is 44.1 Å². The lowest BCUT2D eigenvalue weighted by molar-refractivity contribution is -0.136. The number of benzene rings is 1. The van der Waals surface area contributed by atoms with Gasteiger partial charge in [0.25, 0.3) is 0 Å². The van der Waals surface area contributed by atoms with Crippen LogP contribution in [0.15, 0.2) is 24.3 Å². The molecule has 5 rings (SSSR count). The Morgan fingerprint density at radius 3 is 2.16 bits per heavy atom. The first-order valence-electron chi connectivity index (χ1n) is 9.04. The zero-order valence-corrected chi connectivity index (χ0v) is 14.8. The smallest absolute Gasteiger partial charge is 0.362 e. The van der Waals surface area contributed by atoms with Crippen molar-refractivity contribution in [2.24, 2.45) is 23.2 Å². The third-order valence-corrected chi connectivity index (χ3v) is 6.52. The van der Waals surface area contributed by atoms with Crippen LogP contribution in [-0.2, 0) is 6.18 Å². The van der Waals surface area contributed by atoms with Gasteiger partial charge >= 0.3 is 6.18 Å². The lowest BCUT2D eigenvalue weighted by Crippen LogP contribution is -2.51. The summed E-state index contributed by atoms with van der Waals surface area (Å²) in [5.74, 6) is 2.54. The van der Waals surface area contributed by atoms with Gasteiger partial charge in [-0.25, -0.2) is 0 Å². The lowest BCUT2D eigenvalue weighted by atomic mass is 9.49. The van der Waals surface area contributed by atoms with E-state index in [0.717, 1.165) is 30.4 Å². The van der Waals surface area contributed by atoms with Crippen molar-refractivity contribution in [3.8, 4) is 0 Å². The van der Waals surface area contributed by atoms with E-state index in [0.29, 0.717) is 5.41 Å². The van der Waals surface area contributed by atoms with Gasteiger partial charge in [0.1, 0.15) is 0 Å². The van der Waals surface area contributed by atoms with E-state index in [1.807, 2.05) is 0 Å². The molecule has 0 atom stereocenters. The molecule has 1 aromatic rings. The second-order valence-corrected chi connectivity index (χ2v) is 8.68. The van der Waals surface area contributed by atoms with Crippen molar-refractivity contribution < 1.29 is 13.2 Å². The SMILES string of the molecule is FC(F)(F)c1ccccc1NC(=S)NCC12CC3CC(CC(C3)C1)C2. The summed E-state index contributed by atoms with van der Waals surface area (Å²) in [6, 6.07) is 5.46. The molecule has 0 saturated heterocycles. The Bertz CT molecular complexity index is 636. The lowest BCUT2D eigenvalue weighted by Gasteiger charge is -2.57. The predicted octanol–water partition coefficient (Wildman–Crippen LogP) is 5.21. The molecule has 0 unspecified atom stereocenters. The molecule has 0 aliphatic heterocycles. The van der Waals surface area contributed by atoms with Crippen molar-refractivity contribution in [3.05, 3.63) is 29.8 Å². The van der Waals surface area contributed by atoms with Crippen LogP contribution in [0.25, 0.3) is 0 Å². The Kier molecular flexibility index (Phi) is 4.21. The first-order valence-corrected chi connectivity index (χ1v) is 9.45. The van der Waals surface area contributed by atoms with Crippen LogP contribution >= 0.6 is 12.2 Å². The first kappa shape index (κ1) is 17.1. The van der Waals surface area contributed by atoms with E-state index in [9.17, 15) is 13.2 Å². The molecule has 4 bridgehead atoms. The van der Waals surface area contributed by atoms with Gasteiger partial charge in [-0.1, -0.05) is 12.1 Å². The molecule has 0 spiro atoms. The fourth-order valence-electron chi connectivity index (χ4n) is 5.78. The molecule has 4 saturated carbocycles. The van der Waals surface area contributed by atoms with E-state index >= 15 is 0 Å². The van der Waals surface area contributed by atoms with E-state index in [2.05, 4.69) is 10.6 Å². The van der Waals surface area contributed by atoms with Gasteiger partial charge in [0.05, 0.1) is 11.3 Å². The number of para-hydroxylation sites is 1. The zero-order valence-electron chi connectivity index (χ0n) is 14.0. The number of rotatable bonds is 3. The number of nitrogens with one attached hydrogen (secondary N) is 2. The van der Waals surface area contributed by atoms with E-state index in [4.69, 9.17) is 12.2 Å². The van der Waals surface area contributed by atoms with E-state index in [1.165, 1.54) is 50.7 Å². The normalized spacial score (nSPS) is 33.3. The van der Waals surface area contributed by atoms with Crippen LogP contribution in [0.4, 0.5) is 18.9 Å². The van der Waals surface area contributed by atoms with Crippen LogP contribution in [0.2, 0.25) is 0 Å². The second kappa shape index (κ2) is 6.15. The Hall–Kier alpha value is -1.30. The fraction of sp³-hybridized carbons (Fsp3) is 0.632. The van der Waals surface area contributed by atoms with Crippen molar-refractivity contribution in [2.75, 3.05) is 11.9 Å². The summed E-state index contributed by atoms with van der Waals surface area (Å²) in [5.41, 5.74) is -0.378. The summed E-state index contributed by atoms with van der Waals surface area (Å²) in [7, 11) is 0. The molecule has 0 aromatic heterocycles. The number of anilines is 1. The van der Waals surface area contributed by atoms with E-state index in [1.54, 1.807) is 6.07 Å². The number of halogens is 3. The average molecular weight is 368 g/mol. The van der Waals surface area contributed by atoms with Crippen LogP contribution in [0, 0.1) is 23.2 Å². The minimum atomic E-state index is -4.39. The van der Waals surface area contributed by atoms with Crippen LogP contribution < -0.4 is 10.6 Å². The van der Waals surface area contributed by atoms with Gasteiger partial charge < -0.3 is 10.6 Å². The highest BCUT2D eigenvalue weighted by Crippen LogP contribution is 2.59. The Labute approximate surface area is 151 Å². The molecule has 2 N–H and O–H groups in total. The van der Waals surface area contributed by atoms with Crippen LogP contribution in [0.3, 0.4) is 0 Å². The molecular formula is C19H23F3N2S. The van der Waals surface area contributed by atoms with Crippen LogP contribution in [0.5, 0.6) is 0 Å². The van der Waals surface area contributed by atoms with E-state index in [-0.39, 0.29) is 10.8 Å². The molecule has 4 aliphatic carbocycles. The van der Waals surface area contributed by atoms with Gasteiger partial charge in [-0.05, 0) is 86.0 Å². The fourth-order valence-corrected chi connectivity index (χ4v) is 5.96. The summed E-state index contributed by atoms with van der Waals surface area (Å²) in [6.45, 7) is 0.774. The maximum absolute atomic E-state index is 13.1. The Balaban J connectivity index is 1.39. The number of alkyl halides is 3. The van der Waals surface area contributed by atoms with Gasteiger partial charge in [0.15, 0.2) is 5.11 Å². The summed E-state index contributed by atoms with van der Waals surface area (Å²) in [4.78, 5) is 0. The third kappa shape index (κ3) is 3.50. The molecule has 6 heteroatoms. The third-order valence-electron chi connectivity index (χ3n) is 6.27. The van der Waals surface area contributed by atoms with Crippen molar-refractivity contribution >= 4 is 23.0 Å². The summed E-state index contributed by atoms with van der Waals surface area (Å²) in [5, 5.41) is 6.25. The Morgan fingerprint density at radius 2 is 1.60 bits per heavy atom. The highest BCUT2D eigenvalue weighted by Gasteiger charge is 2.50. The molecule has 0 amide bonds. The van der Waals surface area contributed by atoms with Crippen molar-refractivity contribution in [1.82, 2.24) is 5.32 Å². The molecular weight excluding hydrogens is 345 g/mol. The second-order valence-electron chi connectivity index (χ2n) is 8.27. The van der Waals surface area contributed by atoms with Gasteiger partial charge in [-0.2, -0.15) is 13.2 Å². The van der Waals surface area contributed by atoms with Crippen molar-refractivity contribution in [1.29, 1.82) is 0 Å². The van der Waals surface area contributed by atoms with Gasteiger partial charge in [-0.3, -0.25) is 0 Å². The van der Waals surface area contributed by atoms with E-state index < -0.39 is 11.7 Å². The Morgan fingerprint density at radius 1 is 1.04 bits per heavy atom. The summed E-state index contributed by atoms with van der Waals surface area (Å²) in [6.07, 6.45) is 3.47. The topological polar surface area (TPSA) is 24.1 Å². The number of thiocarbonyl (C=S) groups is 1. The highest BCUT2D eigenvalue weighted by molar-refractivity contribution is 7.80. The maximum atomic E-state index is 13.1.